The van der Waals surface area contributed by atoms with Crippen molar-refractivity contribution in [3.63, 3.8) is 0 Å². The van der Waals surface area contributed by atoms with Gasteiger partial charge in [-0.3, -0.25) is 0 Å². The topological polar surface area (TPSA) is 0 Å². The molecular weight excluding hydrogens is 155 g/mol. The molecule has 2 heteroatoms. The zero-order chi connectivity index (χ0) is 6.85. The molecule has 9 heavy (non-hydrogen) atoms. The Morgan fingerprint density at radius 2 is 1.89 bits per heavy atom. The largest absolute Gasteiger partial charge is 0.0827 e. The van der Waals surface area contributed by atoms with Gasteiger partial charge >= 0.3 is 0 Å². The first-order valence-corrected chi connectivity index (χ1v) is 3.38. The van der Waals surface area contributed by atoms with Crippen LogP contribution in [0.25, 0.3) is 0 Å². The summed E-state index contributed by atoms with van der Waals surface area (Å²) in [6.45, 7) is 1.92. The van der Waals surface area contributed by atoms with E-state index in [0.717, 1.165) is 5.56 Å². The van der Waals surface area contributed by atoms with Crippen LogP contribution in [0.3, 0.4) is 0 Å². The van der Waals surface area contributed by atoms with E-state index in [1.165, 1.54) is 0 Å². The summed E-state index contributed by atoms with van der Waals surface area (Å²) in [7, 11) is 0. The van der Waals surface area contributed by atoms with Crippen LogP contribution in [-0.4, -0.2) is 0 Å². The highest BCUT2D eigenvalue weighted by Gasteiger charge is 1.96. The molecule has 1 aromatic carbocycles. The molecule has 0 fully saturated rings. The van der Waals surface area contributed by atoms with Crippen molar-refractivity contribution in [1.29, 1.82) is 0 Å². The van der Waals surface area contributed by atoms with E-state index in [1.54, 1.807) is 6.07 Å². The lowest BCUT2D eigenvalue weighted by Crippen LogP contribution is -1.73. The van der Waals surface area contributed by atoms with Crippen LogP contribution in [0.1, 0.15) is 5.56 Å². The Kier molecular flexibility index (Phi) is 1.99. The Labute approximate surface area is 64.4 Å². The minimum Gasteiger partial charge on any atom is -0.0827 e. The predicted octanol–water partition coefficient (Wildman–Crippen LogP) is 3.30. The summed E-state index contributed by atoms with van der Waals surface area (Å²) < 4.78 is 0. The van der Waals surface area contributed by atoms with Crippen molar-refractivity contribution >= 4 is 23.2 Å². The van der Waals surface area contributed by atoms with E-state index in [9.17, 15) is 0 Å². The average molecular weight is 161 g/mol. The summed E-state index contributed by atoms with van der Waals surface area (Å²) >= 11 is 11.4. The standard InChI is InChI=1S/C7H6Cl2/c1-5-3-2-4-6(8)7(5)9/h2-4H,1H3. The first-order chi connectivity index (χ1) is 4.22. The highest BCUT2D eigenvalue weighted by atomic mass is 35.5. The molecule has 1 rings (SSSR count). The van der Waals surface area contributed by atoms with Crippen LogP contribution in [0, 0.1) is 6.92 Å². The Morgan fingerprint density at radius 1 is 1.22 bits per heavy atom. The molecule has 0 aliphatic rings. The Balaban J connectivity index is 3.25. The minimum atomic E-state index is 0.622. The maximum absolute atomic E-state index is 5.75. The minimum absolute atomic E-state index is 0.622. The van der Waals surface area contributed by atoms with Gasteiger partial charge in [0.2, 0.25) is 0 Å². The average Bonchev–Trinajstić information content (AvgIpc) is 1.83. The number of benzene rings is 1. The van der Waals surface area contributed by atoms with Gasteiger partial charge in [0.05, 0.1) is 10.0 Å². The van der Waals surface area contributed by atoms with E-state index < -0.39 is 0 Å². The molecule has 48 valence electrons. The molecule has 0 nitrogen and oxygen atoms in total. The quantitative estimate of drug-likeness (QED) is 0.547. The highest BCUT2D eigenvalue weighted by Crippen LogP contribution is 2.24. The SMILES string of the molecule is Cc1cccc(Cl)c1Cl. The van der Waals surface area contributed by atoms with E-state index in [0.29, 0.717) is 10.0 Å². The lowest BCUT2D eigenvalue weighted by molar-refractivity contribution is 1.47. The molecule has 0 heterocycles. The zero-order valence-electron chi connectivity index (χ0n) is 4.99. The van der Waals surface area contributed by atoms with Gasteiger partial charge in [-0.2, -0.15) is 0 Å². The molecule has 0 N–H and O–H groups in total. The zero-order valence-corrected chi connectivity index (χ0v) is 6.50. The Hall–Kier alpha value is -0.200. The van der Waals surface area contributed by atoms with Crippen LogP contribution in [0.2, 0.25) is 10.0 Å². The Morgan fingerprint density at radius 3 is 2.33 bits per heavy atom. The summed E-state index contributed by atoms with van der Waals surface area (Å²) in [6.07, 6.45) is 0. The van der Waals surface area contributed by atoms with Gasteiger partial charge in [-0.25, -0.2) is 0 Å². The number of rotatable bonds is 0. The molecule has 0 atom stereocenters. The summed E-state index contributed by atoms with van der Waals surface area (Å²) in [5.74, 6) is 0. The Bertz CT molecular complexity index is 198. The third-order valence-corrected chi connectivity index (χ3v) is 2.06. The van der Waals surface area contributed by atoms with E-state index in [2.05, 4.69) is 0 Å². The van der Waals surface area contributed by atoms with Crippen LogP contribution in [-0.2, 0) is 0 Å². The molecule has 0 aliphatic carbocycles. The van der Waals surface area contributed by atoms with Crippen LogP contribution >= 0.6 is 23.2 Å². The highest BCUT2D eigenvalue weighted by molar-refractivity contribution is 6.42. The van der Waals surface area contributed by atoms with Crippen molar-refractivity contribution in [2.24, 2.45) is 0 Å². The van der Waals surface area contributed by atoms with Crippen LogP contribution in [0.4, 0.5) is 0 Å². The van der Waals surface area contributed by atoms with E-state index in [-0.39, 0.29) is 0 Å². The van der Waals surface area contributed by atoms with Crippen LogP contribution in [0.15, 0.2) is 18.2 Å². The van der Waals surface area contributed by atoms with Gasteiger partial charge in [-0.15, -0.1) is 0 Å². The monoisotopic (exact) mass is 160 g/mol. The van der Waals surface area contributed by atoms with E-state index in [1.807, 2.05) is 19.1 Å². The summed E-state index contributed by atoms with van der Waals surface area (Å²) in [4.78, 5) is 0. The molecule has 0 aliphatic heterocycles. The maximum Gasteiger partial charge on any atom is 0.0621 e. The molecule has 0 spiro atoms. The second-order valence-electron chi connectivity index (χ2n) is 1.87. The lowest BCUT2D eigenvalue weighted by Gasteiger charge is -1.96. The fraction of sp³-hybridized carbons (Fsp3) is 0.143. The lowest BCUT2D eigenvalue weighted by atomic mass is 10.2. The molecule has 0 unspecified atom stereocenters. The summed E-state index contributed by atoms with van der Waals surface area (Å²) in [5, 5.41) is 1.27. The first kappa shape index (κ1) is 6.91. The van der Waals surface area contributed by atoms with Crippen molar-refractivity contribution in [2.45, 2.75) is 6.92 Å². The third kappa shape index (κ3) is 1.38. The predicted molar refractivity (Wildman–Crippen MR) is 41.2 cm³/mol. The fourth-order valence-corrected chi connectivity index (χ4v) is 0.959. The van der Waals surface area contributed by atoms with Gasteiger partial charge in [0.15, 0.2) is 0 Å². The summed E-state index contributed by atoms with van der Waals surface area (Å²) in [6, 6.07) is 5.58. The van der Waals surface area contributed by atoms with Crippen molar-refractivity contribution in [3.05, 3.63) is 33.8 Å². The normalized spacial score (nSPS) is 9.67. The van der Waals surface area contributed by atoms with Gasteiger partial charge in [0, 0.05) is 0 Å². The van der Waals surface area contributed by atoms with Crippen LogP contribution in [0.5, 0.6) is 0 Å². The molecule has 1 aromatic rings. The smallest absolute Gasteiger partial charge is 0.0621 e. The van der Waals surface area contributed by atoms with E-state index >= 15 is 0 Å². The van der Waals surface area contributed by atoms with Gasteiger partial charge in [0.25, 0.3) is 0 Å². The molecule has 0 aromatic heterocycles. The molecule has 0 amide bonds. The van der Waals surface area contributed by atoms with Gasteiger partial charge in [0.1, 0.15) is 0 Å². The van der Waals surface area contributed by atoms with Crippen molar-refractivity contribution < 1.29 is 0 Å². The summed E-state index contributed by atoms with van der Waals surface area (Å²) in [5.41, 5.74) is 1.02. The van der Waals surface area contributed by atoms with Gasteiger partial charge < -0.3 is 0 Å². The second kappa shape index (κ2) is 2.59. The molecule has 0 radical (unpaired) electrons. The fourth-order valence-electron chi connectivity index (χ4n) is 0.612. The number of aryl methyl sites for hydroxylation is 1. The van der Waals surface area contributed by atoms with Crippen molar-refractivity contribution in [2.75, 3.05) is 0 Å². The first-order valence-electron chi connectivity index (χ1n) is 2.62. The third-order valence-electron chi connectivity index (χ3n) is 1.14. The van der Waals surface area contributed by atoms with Crippen molar-refractivity contribution in [1.82, 2.24) is 0 Å². The second-order valence-corrected chi connectivity index (χ2v) is 2.66. The van der Waals surface area contributed by atoms with Gasteiger partial charge in [-0.1, -0.05) is 35.3 Å². The van der Waals surface area contributed by atoms with Crippen molar-refractivity contribution in [3.8, 4) is 0 Å². The molecule has 0 saturated carbocycles. The number of hydrogen-bond donors (Lipinski definition) is 0. The maximum atomic E-state index is 5.75. The van der Waals surface area contributed by atoms with E-state index in [4.69, 9.17) is 23.2 Å². The molecule has 0 saturated heterocycles. The van der Waals surface area contributed by atoms with Crippen LogP contribution < -0.4 is 0 Å². The van der Waals surface area contributed by atoms with Gasteiger partial charge in [-0.05, 0) is 18.6 Å². The number of halogens is 2. The molecule has 0 bridgehead atoms. The number of hydrogen-bond acceptors (Lipinski definition) is 0. The molecular formula is C7H6Cl2.